The SMILES string of the molecule is CCOCCC[NH+]=c1cc(-c2ccccc2)oc2ccc(OC)cc12.[O-][Cl+3]([O-])([O-])[O-]. The van der Waals surface area contributed by atoms with Gasteiger partial charge in [-0.05, 0) is 25.1 Å². The maximum Gasteiger partial charge on any atom is 0.213 e. The Morgan fingerprint density at radius 1 is 1.00 bits per heavy atom. The van der Waals surface area contributed by atoms with Gasteiger partial charge >= 0.3 is 0 Å². The Hall–Kier alpha value is -2.46. The van der Waals surface area contributed by atoms with Crippen LogP contribution in [0.4, 0.5) is 0 Å². The van der Waals surface area contributed by atoms with Crippen LogP contribution in [0.15, 0.2) is 59.0 Å². The van der Waals surface area contributed by atoms with E-state index in [1.54, 1.807) is 7.11 Å². The molecule has 1 heterocycles. The summed E-state index contributed by atoms with van der Waals surface area (Å²) in [4.78, 5) is 3.51. The first kappa shape index (κ1) is 23.8. The number of hydrogen-bond acceptors (Lipinski definition) is 7. The molecule has 0 bridgehead atoms. The van der Waals surface area contributed by atoms with Crippen LogP contribution in [0.3, 0.4) is 0 Å². The molecule has 1 aromatic heterocycles. The van der Waals surface area contributed by atoms with Gasteiger partial charge in [-0.25, -0.2) is 23.6 Å². The average molecular weight is 438 g/mol. The first-order valence-electron chi connectivity index (χ1n) is 9.25. The van der Waals surface area contributed by atoms with Crippen LogP contribution in [0.2, 0.25) is 0 Å². The summed E-state index contributed by atoms with van der Waals surface area (Å²) in [6.45, 7) is 4.36. The summed E-state index contributed by atoms with van der Waals surface area (Å²) in [5, 5.41) is 2.05. The highest BCUT2D eigenvalue weighted by molar-refractivity contribution is 5.79. The van der Waals surface area contributed by atoms with Gasteiger partial charge in [0.15, 0.2) is 0 Å². The van der Waals surface area contributed by atoms with E-state index in [1.165, 1.54) is 0 Å². The number of benzene rings is 2. The lowest BCUT2D eigenvalue weighted by atomic mass is 10.1. The zero-order valence-corrected chi connectivity index (χ0v) is 17.5. The van der Waals surface area contributed by atoms with Crippen LogP contribution in [0.25, 0.3) is 22.3 Å². The third-order valence-corrected chi connectivity index (χ3v) is 4.02. The number of ether oxygens (including phenoxy) is 2. The van der Waals surface area contributed by atoms with E-state index in [1.807, 2.05) is 55.5 Å². The summed E-state index contributed by atoms with van der Waals surface area (Å²) in [5.74, 6) is 1.65. The molecule has 8 nitrogen and oxygen atoms in total. The van der Waals surface area contributed by atoms with Gasteiger partial charge in [0.1, 0.15) is 23.6 Å². The van der Waals surface area contributed by atoms with E-state index in [0.717, 1.165) is 59.6 Å². The van der Waals surface area contributed by atoms with Crippen molar-refractivity contribution in [1.29, 1.82) is 0 Å². The molecule has 162 valence electrons. The first-order valence-corrected chi connectivity index (χ1v) is 10.5. The van der Waals surface area contributed by atoms with Gasteiger partial charge in [0, 0.05) is 18.6 Å². The molecule has 9 heteroatoms. The number of methoxy groups -OCH3 is 1. The molecule has 0 spiro atoms. The standard InChI is InChI=1S/C21H23NO3.ClHO4/c1-3-24-13-7-12-22-19-15-21(16-8-5-4-6-9-16)25-20-11-10-17(23-2)14-18(19)20;2-1(3,4)5/h4-6,8-11,14-15H,3,7,12-13H2,1-2H3;(H,2,3,4,5). The largest absolute Gasteiger partial charge is 0.497 e. The van der Waals surface area contributed by atoms with Crippen LogP contribution >= 0.6 is 0 Å². The summed E-state index contributed by atoms with van der Waals surface area (Å²) in [6.07, 6.45) is 0.950. The lowest BCUT2D eigenvalue weighted by molar-refractivity contribution is -2.00. The number of nitrogens with one attached hydrogen (secondary N) is 1. The van der Waals surface area contributed by atoms with Crippen molar-refractivity contribution in [3.05, 3.63) is 60.0 Å². The Morgan fingerprint density at radius 2 is 1.70 bits per heavy atom. The Labute approximate surface area is 176 Å². The van der Waals surface area contributed by atoms with Crippen LogP contribution in [0.5, 0.6) is 5.75 Å². The normalized spacial score (nSPS) is 11.9. The van der Waals surface area contributed by atoms with E-state index in [2.05, 4.69) is 11.1 Å². The van der Waals surface area contributed by atoms with Gasteiger partial charge in [0.2, 0.25) is 5.36 Å². The van der Waals surface area contributed by atoms with Gasteiger partial charge in [-0.1, -0.05) is 30.3 Å². The minimum atomic E-state index is -4.94. The molecule has 0 aliphatic rings. The molecule has 0 unspecified atom stereocenters. The molecule has 2 aromatic carbocycles. The maximum atomic E-state index is 8.49. The molecule has 3 rings (SSSR count). The second-order valence-electron chi connectivity index (χ2n) is 6.11. The van der Waals surface area contributed by atoms with E-state index in [9.17, 15) is 0 Å². The van der Waals surface area contributed by atoms with Gasteiger partial charge in [-0.15, -0.1) is 10.2 Å². The lowest BCUT2D eigenvalue weighted by Crippen LogP contribution is -2.76. The summed E-state index contributed by atoms with van der Waals surface area (Å²) < 4.78 is 50.9. The van der Waals surface area contributed by atoms with Gasteiger partial charge in [0.25, 0.3) is 0 Å². The van der Waals surface area contributed by atoms with E-state index in [4.69, 9.17) is 32.5 Å². The monoisotopic (exact) mass is 437 g/mol. The van der Waals surface area contributed by atoms with Gasteiger partial charge in [-0.3, -0.25) is 0 Å². The fourth-order valence-electron chi connectivity index (χ4n) is 2.72. The maximum absolute atomic E-state index is 8.49. The molecule has 0 aliphatic heterocycles. The number of rotatable bonds is 7. The minimum Gasteiger partial charge on any atom is -0.497 e. The third kappa shape index (κ3) is 8.11. The third-order valence-electron chi connectivity index (χ3n) is 4.02. The molecule has 3 aromatic rings. The Morgan fingerprint density at radius 3 is 2.33 bits per heavy atom. The second kappa shape index (κ2) is 11.7. The number of halogens is 1. The summed E-state index contributed by atoms with van der Waals surface area (Å²) in [5.41, 5.74) is 1.88. The van der Waals surface area contributed by atoms with Crippen molar-refractivity contribution in [3.8, 4) is 17.1 Å². The molecule has 0 saturated heterocycles. The fraction of sp³-hybridized carbons (Fsp3) is 0.286. The molecule has 1 N–H and O–H groups in total. The summed E-state index contributed by atoms with van der Waals surface area (Å²) in [7, 11) is -3.27. The summed E-state index contributed by atoms with van der Waals surface area (Å²) >= 11 is 0. The molecule has 30 heavy (non-hydrogen) atoms. The Kier molecular flexibility index (Phi) is 9.25. The molecular weight excluding hydrogens is 414 g/mol. The minimum absolute atomic E-state index is 0.752. The number of hydrogen-bond donors (Lipinski definition) is 1. The van der Waals surface area contributed by atoms with E-state index in [0.29, 0.717) is 0 Å². The summed E-state index contributed by atoms with van der Waals surface area (Å²) in [6, 6.07) is 18.0. The molecular formula is C21H24ClNO7. The zero-order chi connectivity index (χ0) is 22.0. The topological polar surface area (TPSA) is 138 Å². The molecule has 0 aliphatic carbocycles. The van der Waals surface area contributed by atoms with Crippen molar-refractivity contribution in [2.45, 2.75) is 13.3 Å². The van der Waals surface area contributed by atoms with Crippen LogP contribution < -0.4 is 33.7 Å². The quantitative estimate of drug-likeness (QED) is 0.412. The van der Waals surface area contributed by atoms with Crippen molar-refractivity contribution in [2.75, 3.05) is 26.9 Å². The van der Waals surface area contributed by atoms with E-state index in [-0.39, 0.29) is 0 Å². The molecule has 0 saturated carbocycles. The Bertz CT molecular complexity index is 978. The highest BCUT2D eigenvalue weighted by Crippen LogP contribution is 2.23. The molecule has 0 fully saturated rings. The van der Waals surface area contributed by atoms with Crippen LogP contribution in [0.1, 0.15) is 13.3 Å². The van der Waals surface area contributed by atoms with Crippen molar-refractivity contribution in [1.82, 2.24) is 0 Å². The van der Waals surface area contributed by atoms with Crippen molar-refractivity contribution >= 4 is 11.0 Å². The fourth-order valence-corrected chi connectivity index (χ4v) is 2.72. The van der Waals surface area contributed by atoms with Crippen LogP contribution in [-0.2, 0) is 4.74 Å². The lowest BCUT2D eigenvalue weighted by Gasteiger charge is -2.17. The predicted octanol–water partition coefficient (Wildman–Crippen LogP) is -2.24. The molecule has 0 radical (unpaired) electrons. The average Bonchev–Trinajstić information content (AvgIpc) is 2.72. The Balaban J connectivity index is 0.000000575. The van der Waals surface area contributed by atoms with Crippen molar-refractivity contribution in [2.24, 2.45) is 0 Å². The zero-order valence-electron chi connectivity index (χ0n) is 16.8. The van der Waals surface area contributed by atoms with Gasteiger partial charge < -0.3 is 13.9 Å². The second-order valence-corrected chi connectivity index (χ2v) is 6.86. The van der Waals surface area contributed by atoms with E-state index >= 15 is 0 Å². The van der Waals surface area contributed by atoms with Crippen LogP contribution in [-0.4, -0.2) is 26.9 Å². The molecule has 0 amide bonds. The number of fused-ring (bicyclic) bond motifs is 1. The first-order chi connectivity index (χ1) is 14.3. The van der Waals surface area contributed by atoms with Crippen molar-refractivity contribution in [3.63, 3.8) is 0 Å². The highest BCUT2D eigenvalue weighted by atomic mass is 35.7. The molecule has 0 atom stereocenters. The smallest absolute Gasteiger partial charge is 0.213 e. The van der Waals surface area contributed by atoms with Crippen molar-refractivity contribution < 1.29 is 47.8 Å². The van der Waals surface area contributed by atoms with Gasteiger partial charge in [-0.2, -0.15) is 0 Å². The van der Waals surface area contributed by atoms with E-state index < -0.39 is 10.2 Å². The van der Waals surface area contributed by atoms with Gasteiger partial charge in [0.05, 0.1) is 25.2 Å². The van der Waals surface area contributed by atoms with Crippen LogP contribution in [0, 0.1) is 10.2 Å². The highest BCUT2D eigenvalue weighted by Gasteiger charge is 2.10. The predicted molar refractivity (Wildman–Crippen MR) is 98.3 cm³/mol.